The van der Waals surface area contributed by atoms with Gasteiger partial charge in [0.2, 0.25) is 0 Å². The number of halogens is 1. The fraction of sp³-hybridized carbons (Fsp3) is 0.333. The maximum Gasteiger partial charge on any atom is 0.322 e. The van der Waals surface area contributed by atoms with Crippen LogP contribution in [0.1, 0.15) is 12.8 Å². The van der Waals surface area contributed by atoms with Gasteiger partial charge < -0.3 is 10.2 Å². The highest BCUT2D eigenvalue weighted by atomic mass is 19.1. The Morgan fingerprint density at radius 1 is 1.38 bits per heavy atom. The maximum atomic E-state index is 12.8. The largest absolute Gasteiger partial charge is 0.322 e. The van der Waals surface area contributed by atoms with Gasteiger partial charge in [0.15, 0.2) is 0 Å². The number of anilines is 1. The van der Waals surface area contributed by atoms with Crippen LogP contribution < -0.4 is 5.32 Å². The third-order valence-corrected chi connectivity index (χ3v) is 3.70. The Morgan fingerprint density at radius 3 is 2.86 bits per heavy atom. The molecule has 2 amide bonds. The van der Waals surface area contributed by atoms with E-state index in [1.54, 1.807) is 15.8 Å². The lowest BCUT2D eigenvalue weighted by molar-refractivity contribution is 0.195. The van der Waals surface area contributed by atoms with Crippen molar-refractivity contribution >= 4 is 11.7 Å². The van der Waals surface area contributed by atoms with E-state index in [0.717, 1.165) is 18.5 Å². The van der Waals surface area contributed by atoms with Crippen molar-refractivity contribution in [1.29, 1.82) is 0 Å². The van der Waals surface area contributed by atoms with E-state index in [9.17, 15) is 9.18 Å². The molecule has 0 aliphatic carbocycles. The monoisotopic (exact) mass is 288 g/mol. The highest BCUT2D eigenvalue weighted by Crippen LogP contribution is 2.20. The summed E-state index contributed by atoms with van der Waals surface area (Å²) < 4.78 is 14.6. The van der Waals surface area contributed by atoms with Gasteiger partial charge in [-0.1, -0.05) is 0 Å². The molecule has 1 atom stereocenters. The first-order chi connectivity index (χ1) is 10.3. The van der Waals surface area contributed by atoms with E-state index in [0.29, 0.717) is 12.2 Å². The third-order valence-electron chi connectivity index (χ3n) is 3.70. The zero-order chi connectivity index (χ0) is 14.7. The van der Waals surface area contributed by atoms with Crippen molar-refractivity contribution in [2.45, 2.75) is 18.9 Å². The Bertz CT molecular complexity index is 597. The average molecular weight is 288 g/mol. The number of carbonyl (C=O) groups excluding carboxylic acids is 1. The van der Waals surface area contributed by atoms with Crippen molar-refractivity contribution in [3.05, 3.63) is 42.7 Å². The smallest absolute Gasteiger partial charge is 0.319 e. The second kappa shape index (κ2) is 5.95. The van der Waals surface area contributed by atoms with Gasteiger partial charge in [-0.2, -0.15) is 5.10 Å². The predicted molar refractivity (Wildman–Crippen MR) is 78.3 cm³/mol. The van der Waals surface area contributed by atoms with E-state index in [-0.39, 0.29) is 12.1 Å². The zero-order valence-corrected chi connectivity index (χ0v) is 11.6. The number of carbonyl (C=O) groups is 1. The molecule has 0 spiro atoms. The van der Waals surface area contributed by atoms with Crippen LogP contribution >= 0.6 is 0 Å². The molecule has 1 aliphatic rings. The van der Waals surface area contributed by atoms with Crippen molar-refractivity contribution in [2.24, 2.45) is 0 Å². The normalized spacial score (nSPS) is 18.0. The van der Waals surface area contributed by atoms with Gasteiger partial charge in [0.05, 0.1) is 11.7 Å². The minimum absolute atomic E-state index is 0.234. The molecule has 1 saturated heterocycles. The Hall–Kier alpha value is -2.37. The van der Waals surface area contributed by atoms with Crippen LogP contribution in [0, 0.1) is 0 Å². The summed E-state index contributed by atoms with van der Waals surface area (Å²) in [4.78, 5) is 13.7. The Kier molecular flexibility index (Phi) is 3.85. The zero-order valence-electron chi connectivity index (χ0n) is 11.6. The molecule has 5 nitrogen and oxygen atoms in total. The third kappa shape index (κ3) is 2.89. The van der Waals surface area contributed by atoms with E-state index in [1.807, 2.05) is 36.5 Å². The number of hydrogen-bond acceptors (Lipinski definition) is 2. The molecule has 3 rings (SSSR count). The summed E-state index contributed by atoms with van der Waals surface area (Å²) in [5, 5.41) is 6.95. The molecule has 2 heterocycles. The molecule has 1 N–H and O–H groups in total. The molecule has 21 heavy (non-hydrogen) atoms. The SMILES string of the molecule is O=C(Nc1ccc(-n2cccn2)cc1)N1CCCC1CF. The van der Waals surface area contributed by atoms with Crippen LogP contribution in [-0.2, 0) is 0 Å². The first-order valence-electron chi connectivity index (χ1n) is 7.01. The lowest BCUT2D eigenvalue weighted by Gasteiger charge is -2.22. The van der Waals surface area contributed by atoms with E-state index in [4.69, 9.17) is 0 Å². The molecule has 1 aromatic carbocycles. The van der Waals surface area contributed by atoms with Gasteiger partial charge in [-0.15, -0.1) is 0 Å². The molecule has 1 aliphatic heterocycles. The molecular formula is C15H17FN4O. The maximum absolute atomic E-state index is 12.8. The number of benzene rings is 1. The molecule has 0 radical (unpaired) electrons. The van der Waals surface area contributed by atoms with Crippen LogP contribution in [0.3, 0.4) is 0 Å². The summed E-state index contributed by atoms with van der Waals surface area (Å²) in [6.07, 6.45) is 5.16. The fourth-order valence-electron chi connectivity index (χ4n) is 2.58. The predicted octanol–water partition coefficient (Wildman–Crippen LogP) is 2.84. The number of likely N-dealkylation sites (tertiary alicyclic amines) is 1. The molecule has 1 aromatic heterocycles. The van der Waals surface area contributed by atoms with Crippen LogP contribution in [0.5, 0.6) is 0 Å². The molecule has 6 heteroatoms. The highest BCUT2D eigenvalue weighted by Gasteiger charge is 2.28. The molecule has 1 unspecified atom stereocenters. The van der Waals surface area contributed by atoms with Gasteiger partial charge in [-0.3, -0.25) is 0 Å². The van der Waals surface area contributed by atoms with Gasteiger partial charge in [0.1, 0.15) is 6.67 Å². The highest BCUT2D eigenvalue weighted by molar-refractivity contribution is 5.89. The molecule has 1 fully saturated rings. The van der Waals surface area contributed by atoms with E-state index in [2.05, 4.69) is 10.4 Å². The summed E-state index contributed by atoms with van der Waals surface area (Å²) in [6, 6.07) is 8.71. The van der Waals surface area contributed by atoms with E-state index in [1.165, 1.54) is 0 Å². The number of urea groups is 1. The van der Waals surface area contributed by atoms with Crippen molar-refractivity contribution in [2.75, 3.05) is 18.5 Å². The Labute approximate surface area is 122 Å². The average Bonchev–Trinajstić information content (AvgIpc) is 3.19. The topological polar surface area (TPSA) is 50.2 Å². The van der Waals surface area contributed by atoms with Crippen molar-refractivity contribution in [3.8, 4) is 5.69 Å². The number of hydrogen-bond donors (Lipinski definition) is 1. The van der Waals surface area contributed by atoms with Crippen LogP contribution in [0.15, 0.2) is 42.7 Å². The number of nitrogens with zero attached hydrogens (tertiary/aromatic N) is 3. The lowest BCUT2D eigenvalue weighted by Crippen LogP contribution is -2.39. The summed E-state index contributed by atoms with van der Waals surface area (Å²) >= 11 is 0. The van der Waals surface area contributed by atoms with Crippen LogP contribution in [0.2, 0.25) is 0 Å². The molecule has 0 saturated carbocycles. The number of amides is 2. The van der Waals surface area contributed by atoms with Gasteiger partial charge in [0.25, 0.3) is 0 Å². The summed E-state index contributed by atoms with van der Waals surface area (Å²) in [7, 11) is 0. The van der Waals surface area contributed by atoms with Crippen LogP contribution in [0.4, 0.5) is 14.9 Å². The van der Waals surface area contributed by atoms with Crippen LogP contribution in [-0.4, -0.2) is 40.0 Å². The minimum Gasteiger partial charge on any atom is -0.319 e. The molecular weight excluding hydrogens is 271 g/mol. The van der Waals surface area contributed by atoms with E-state index >= 15 is 0 Å². The van der Waals surface area contributed by atoms with Crippen molar-refractivity contribution in [3.63, 3.8) is 0 Å². The summed E-state index contributed by atoms with van der Waals surface area (Å²) in [5.74, 6) is 0. The molecule has 110 valence electrons. The number of aromatic nitrogens is 2. The second-order valence-corrected chi connectivity index (χ2v) is 5.07. The van der Waals surface area contributed by atoms with Crippen molar-refractivity contribution in [1.82, 2.24) is 14.7 Å². The quantitative estimate of drug-likeness (QED) is 0.944. The van der Waals surface area contributed by atoms with Gasteiger partial charge in [0, 0.05) is 24.6 Å². The minimum atomic E-state index is -0.480. The second-order valence-electron chi connectivity index (χ2n) is 5.07. The summed E-state index contributed by atoms with van der Waals surface area (Å²) in [5.41, 5.74) is 1.61. The fourth-order valence-corrected chi connectivity index (χ4v) is 2.58. The standard InChI is InChI=1S/C15H17FN4O/c16-11-14-3-1-9-19(14)15(21)18-12-4-6-13(7-5-12)20-10-2-8-17-20/h2,4-8,10,14H,1,3,9,11H2,(H,18,21). The van der Waals surface area contributed by atoms with Gasteiger partial charge in [-0.05, 0) is 43.2 Å². The van der Waals surface area contributed by atoms with Crippen LogP contribution in [0.25, 0.3) is 5.69 Å². The van der Waals surface area contributed by atoms with Gasteiger partial charge >= 0.3 is 6.03 Å². The van der Waals surface area contributed by atoms with E-state index < -0.39 is 6.67 Å². The molecule has 0 bridgehead atoms. The lowest BCUT2D eigenvalue weighted by atomic mass is 10.2. The molecule has 2 aromatic rings. The Balaban J connectivity index is 1.66. The number of nitrogens with one attached hydrogen (secondary N) is 1. The Morgan fingerprint density at radius 2 is 2.19 bits per heavy atom. The first-order valence-corrected chi connectivity index (χ1v) is 7.01. The van der Waals surface area contributed by atoms with Gasteiger partial charge in [-0.25, -0.2) is 13.9 Å². The summed E-state index contributed by atoms with van der Waals surface area (Å²) in [6.45, 7) is 0.136. The number of rotatable bonds is 3. The first kappa shape index (κ1) is 13.6. The number of alkyl halides is 1. The van der Waals surface area contributed by atoms with Crippen molar-refractivity contribution < 1.29 is 9.18 Å².